The standard InChI is InChI=1S/C13H13OP.C2HF3O2/c1-14-11-7-9-13(10-8-11)15-12-5-3-2-4-6-12;3-2(4,5)1(6)7/h2-10,15H,1H3;(H,6,7). The Bertz CT molecular complexity index is 583. The number of carboxylic acid groups (broad SMARTS) is 1. The number of ether oxygens (including phenoxy) is 1. The number of carbonyl (C=O) groups is 1. The molecule has 0 aliphatic rings. The van der Waals surface area contributed by atoms with E-state index in [0.717, 1.165) is 5.75 Å². The smallest absolute Gasteiger partial charge is 0.430 e. The van der Waals surface area contributed by atoms with Crippen molar-refractivity contribution in [3.8, 4) is 5.75 Å². The number of carbonyl (C=O) groups excluding carboxylic acids is 1. The second-order valence-electron chi connectivity index (χ2n) is 4.11. The molecule has 0 saturated carbocycles. The van der Waals surface area contributed by atoms with E-state index in [1.165, 1.54) is 10.6 Å². The molecule has 0 aromatic heterocycles. The van der Waals surface area contributed by atoms with Crippen molar-refractivity contribution in [2.45, 2.75) is 6.18 Å². The van der Waals surface area contributed by atoms with Gasteiger partial charge in [-0.2, -0.15) is 13.2 Å². The average molecular weight is 330 g/mol. The summed E-state index contributed by atoms with van der Waals surface area (Å²) in [7, 11) is 1.90. The number of hydrogen-bond donors (Lipinski definition) is 0. The fraction of sp³-hybridized carbons (Fsp3) is 0.133. The Morgan fingerprint density at radius 2 is 1.45 bits per heavy atom. The molecule has 0 aliphatic carbocycles. The first-order valence-electron chi connectivity index (χ1n) is 6.15. The second kappa shape index (κ2) is 8.39. The first-order chi connectivity index (χ1) is 10.3. The fourth-order valence-electron chi connectivity index (χ4n) is 1.44. The maximum atomic E-state index is 10.5. The lowest BCUT2D eigenvalue weighted by Gasteiger charge is -2.03. The SMILES string of the molecule is COc1ccc([PH2+]c2ccccc2)cc1.O=C([O-])C(F)(F)F. The van der Waals surface area contributed by atoms with E-state index in [0.29, 0.717) is 0 Å². The van der Waals surface area contributed by atoms with Crippen LogP contribution in [0.5, 0.6) is 5.75 Å². The van der Waals surface area contributed by atoms with Crippen molar-refractivity contribution < 1.29 is 27.8 Å². The topological polar surface area (TPSA) is 49.4 Å². The van der Waals surface area contributed by atoms with Gasteiger partial charge in [0, 0.05) is 0 Å². The molecule has 0 fully saturated rings. The summed E-state index contributed by atoms with van der Waals surface area (Å²) in [5.41, 5.74) is 0. The largest absolute Gasteiger partial charge is 0.542 e. The van der Waals surface area contributed by atoms with Gasteiger partial charge in [0.1, 0.15) is 11.7 Å². The third-order valence-electron chi connectivity index (χ3n) is 2.48. The molecule has 2 rings (SSSR count). The summed E-state index contributed by atoms with van der Waals surface area (Å²) in [6.45, 7) is 0. The van der Waals surface area contributed by atoms with Crippen LogP contribution in [0.3, 0.4) is 0 Å². The van der Waals surface area contributed by atoms with Crippen molar-refractivity contribution in [3.63, 3.8) is 0 Å². The highest BCUT2D eigenvalue weighted by molar-refractivity contribution is 7.55. The van der Waals surface area contributed by atoms with Crippen molar-refractivity contribution in [1.29, 1.82) is 0 Å². The molecule has 0 N–H and O–H groups in total. The Labute approximate surface area is 127 Å². The lowest BCUT2D eigenvalue weighted by molar-refractivity contribution is -0.344. The third-order valence-corrected chi connectivity index (χ3v) is 3.92. The van der Waals surface area contributed by atoms with Gasteiger partial charge in [0.2, 0.25) is 0 Å². The van der Waals surface area contributed by atoms with Gasteiger partial charge in [0.05, 0.1) is 26.3 Å². The number of alkyl halides is 3. The Balaban J connectivity index is 0.000000295. The van der Waals surface area contributed by atoms with Crippen LogP contribution in [0.2, 0.25) is 0 Å². The molecule has 3 nitrogen and oxygen atoms in total. The first-order valence-corrected chi connectivity index (χ1v) is 7.30. The van der Waals surface area contributed by atoms with E-state index in [-0.39, 0.29) is 8.58 Å². The van der Waals surface area contributed by atoms with Gasteiger partial charge < -0.3 is 14.6 Å². The van der Waals surface area contributed by atoms with Gasteiger partial charge in [-0.3, -0.25) is 0 Å². The highest BCUT2D eigenvalue weighted by Gasteiger charge is 2.28. The van der Waals surface area contributed by atoms with Crippen LogP contribution in [0.15, 0.2) is 54.6 Å². The molecule has 0 aliphatic heterocycles. The van der Waals surface area contributed by atoms with Crippen LogP contribution in [-0.2, 0) is 4.79 Å². The van der Waals surface area contributed by atoms with Gasteiger partial charge in [-0.25, -0.2) is 0 Å². The lowest BCUT2D eigenvalue weighted by Crippen LogP contribution is -2.37. The van der Waals surface area contributed by atoms with Crippen molar-refractivity contribution >= 4 is 25.2 Å². The van der Waals surface area contributed by atoms with Crippen molar-refractivity contribution in [2.24, 2.45) is 0 Å². The molecule has 7 heteroatoms. The van der Waals surface area contributed by atoms with Gasteiger partial charge in [-0.05, 0) is 36.4 Å². The molecule has 0 heterocycles. The Hall–Kier alpha value is -2.07. The van der Waals surface area contributed by atoms with Crippen LogP contribution in [0.1, 0.15) is 0 Å². The van der Waals surface area contributed by atoms with Gasteiger partial charge >= 0.3 is 6.18 Å². The number of aliphatic carboxylic acids is 1. The van der Waals surface area contributed by atoms with Crippen LogP contribution in [0.4, 0.5) is 13.2 Å². The summed E-state index contributed by atoms with van der Waals surface area (Å²) >= 11 is 0. The predicted octanol–water partition coefficient (Wildman–Crippen LogP) is 1.36. The number of methoxy groups -OCH3 is 1. The summed E-state index contributed by atoms with van der Waals surface area (Å²) in [5, 5.41) is 11.6. The van der Waals surface area contributed by atoms with E-state index in [4.69, 9.17) is 14.6 Å². The molecule has 1 unspecified atom stereocenters. The Kier molecular flexibility index (Phi) is 6.86. The highest BCUT2D eigenvalue weighted by atomic mass is 31.1. The molecule has 2 aromatic rings. The average Bonchev–Trinajstić information content (AvgIpc) is 2.49. The van der Waals surface area contributed by atoms with E-state index in [1.807, 2.05) is 12.1 Å². The second-order valence-corrected chi connectivity index (χ2v) is 5.74. The van der Waals surface area contributed by atoms with Crippen LogP contribution < -0.4 is 20.5 Å². The zero-order chi connectivity index (χ0) is 16.6. The number of halogens is 3. The normalized spacial score (nSPS) is 10.9. The van der Waals surface area contributed by atoms with Crippen molar-refractivity contribution in [1.82, 2.24) is 0 Å². The van der Waals surface area contributed by atoms with Crippen molar-refractivity contribution in [2.75, 3.05) is 7.11 Å². The Morgan fingerprint density at radius 1 is 1.00 bits per heavy atom. The molecule has 118 valence electrons. The number of hydrogen-bond acceptors (Lipinski definition) is 3. The molecule has 0 spiro atoms. The minimum Gasteiger partial charge on any atom is -0.542 e. The maximum absolute atomic E-state index is 10.5. The summed E-state index contributed by atoms with van der Waals surface area (Å²) < 4.78 is 36.7. The number of rotatable bonds is 3. The zero-order valence-electron chi connectivity index (χ0n) is 11.6. The quantitative estimate of drug-likeness (QED) is 0.799. The molecule has 1 atom stereocenters. The minimum absolute atomic E-state index is 0.203. The monoisotopic (exact) mass is 330 g/mol. The zero-order valence-corrected chi connectivity index (χ0v) is 12.8. The summed E-state index contributed by atoms with van der Waals surface area (Å²) in [6.07, 6.45) is -5.19. The van der Waals surface area contributed by atoms with E-state index >= 15 is 0 Å². The molecule has 0 radical (unpaired) electrons. The van der Waals surface area contributed by atoms with Crippen molar-refractivity contribution in [3.05, 3.63) is 54.6 Å². The first kappa shape index (κ1) is 18.0. The van der Waals surface area contributed by atoms with Crippen LogP contribution in [0, 0.1) is 0 Å². The maximum Gasteiger partial charge on any atom is 0.430 e. The van der Waals surface area contributed by atoms with Crippen LogP contribution in [-0.4, -0.2) is 19.3 Å². The van der Waals surface area contributed by atoms with E-state index in [9.17, 15) is 13.2 Å². The van der Waals surface area contributed by atoms with Gasteiger partial charge in [0.25, 0.3) is 0 Å². The molecule has 0 bridgehead atoms. The van der Waals surface area contributed by atoms with Crippen LogP contribution in [0.25, 0.3) is 0 Å². The highest BCUT2D eigenvalue weighted by Crippen LogP contribution is 2.14. The van der Waals surface area contributed by atoms with Crippen LogP contribution >= 0.6 is 8.58 Å². The third kappa shape index (κ3) is 6.59. The lowest BCUT2D eigenvalue weighted by atomic mass is 10.3. The summed E-state index contributed by atoms with van der Waals surface area (Å²) in [6, 6.07) is 18.9. The van der Waals surface area contributed by atoms with E-state index in [2.05, 4.69) is 42.5 Å². The van der Waals surface area contributed by atoms with Gasteiger partial charge in [-0.1, -0.05) is 18.2 Å². The number of carboxylic acids is 1. The molecule has 22 heavy (non-hydrogen) atoms. The molecule has 0 saturated heterocycles. The van der Waals surface area contributed by atoms with Gasteiger partial charge in [0.15, 0.2) is 0 Å². The summed E-state index contributed by atoms with van der Waals surface area (Å²) in [5.74, 6) is -2.08. The molecular formula is C15H14F3O3P. The molecular weight excluding hydrogens is 316 g/mol. The molecule has 0 amide bonds. The Morgan fingerprint density at radius 3 is 1.86 bits per heavy atom. The number of benzene rings is 2. The minimum atomic E-state index is -5.19. The summed E-state index contributed by atoms with van der Waals surface area (Å²) in [4.78, 5) is 8.78. The predicted molar refractivity (Wildman–Crippen MR) is 79.5 cm³/mol. The molecule has 2 aromatic carbocycles. The van der Waals surface area contributed by atoms with E-state index in [1.54, 1.807) is 7.11 Å². The van der Waals surface area contributed by atoms with Gasteiger partial charge in [-0.15, -0.1) is 0 Å². The fourth-order valence-corrected chi connectivity index (χ4v) is 2.63. The van der Waals surface area contributed by atoms with E-state index < -0.39 is 12.1 Å².